The Kier molecular flexibility index (Phi) is 5.09. The number of hydrogen-bond acceptors (Lipinski definition) is 4. The summed E-state index contributed by atoms with van der Waals surface area (Å²) >= 11 is 3.37. The third-order valence-corrected chi connectivity index (χ3v) is 4.19. The van der Waals surface area contributed by atoms with Gasteiger partial charge >= 0.3 is 0 Å². The number of aromatic nitrogens is 2. The molecule has 25 heavy (non-hydrogen) atoms. The Hall–Kier alpha value is -2.73. The summed E-state index contributed by atoms with van der Waals surface area (Å²) in [6.07, 6.45) is 3.02. The van der Waals surface area contributed by atoms with Gasteiger partial charge in [-0.2, -0.15) is 0 Å². The smallest absolute Gasteiger partial charge is 0.275 e. The van der Waals surface area contributed by atoms with Crippen molar-refractivity contribution in [1.82, 2.24) is 9.97 Å². The SMILES string of the molecule is Cc1cccc(C)c1Nc1cnc(C(=O)Nc2cccc(Br)c2)cn1. The lowest BCUT2D eigenvalue weighted by Crippen LogP contribution is -2.14. The fourth-order valence-corrected chi connectivity index (χ4v) is 2.81. The fraction of sp³-hybridized carbons (Fsp3) is 0.105. The zero-order valence-electron chi connectivity index (χ0n) is 13.9. The number of aryl methyl sites for hydroxylation is 2. The van der Waals surface area contributed by atoms with E-state index in [4.69, 9.17) is 0 Å². The van der Waals surface area contributed by atoms with Crippen LogP contribution in [0.1, 0.15) is 21.6 Å². The highest BCUT2D eigenvalue weighted by atomic mass is 79.9. The molecule has 2 aromatic carbocycles. The predicted molar refractivity (Wildman–Crippen MR) is 103 cm³/mol. The van der Waals surface area contributed by atoms with Gasteiger partial charge in [-0.3, -0.25) is 4.79 Å². The molecule has 5 nitrogen and oxygen atoms in total. The van der Waals surface area contributed by atoms with E-state index >= 15 is 0 Å². The highest BCUT2D eigenvalue weighted by molar-refractivity contribution is 9.10. The number of nitrogens with zero attached hydrogens (tertiary/aromatic N) is 2. The molecule has 1 aromatic heterocycles. The van der Waals surface area contributed by atoms with Crippen LogP contribution in [-0.2, 0) is 0 Å². The first-order valence-corrected chi connectivity index (χ1v) is 8.54. The lowest BCUT2D eigenvalue weighted by Gasteiger charge is -2.12. The van der Waals surface area contributed by atoms with Gasteiger partial charge in [0.15, 0.2) is 0 Å². The molecular weight excluding hydrogens is 380 g/mol. The summed E-state index contributed by atoms with van der Waals surface area (Å²) < 4.78 is 0.893. The van der Waals surface area contributed by atoms with Crippen molar-refractivity contribution in [3.05, 3.63) is 76.2 Å². The standard InChI is InChI=1S/C19H17BrN4O/c1-12-5-3-6-13(2)18(12)24-17-11-21-16(10-22-17)19(25)23-15-8-4-7-14(20)9-15/h3-11H,1-2H3,(H,22,24)(H,23,25). The first-order valence-electron chi connectivity index (χ1n) is 7.75. The zero-order valence-corrected chi connectivity index (χ0v) is 15.5. The number of carbonyl (C=O) groups is 1. The summed E-state index contributed by atoms with van der Waals surface area (Å²) in [5, 5.41) is 6.05. The molecule has 1 heterocycles. The molecule has 3 aromatic rings. The second-order valence-corrected chi connectivity index (χ2v) is 6.56. The summed E-state index contributed by atoms with van der Waals surface area (Å²) in [6, 6.07) is 13.4. The van der Waals surface area contributed by atoms with Gasteiger partial charge in [-0.05, 0) is 43.2 Å². The van der Waals surface area contributed by atoms with Crippen LogP contribution in [0.3, 0.4) is 0 Å². The number of halogens is 1. The highest BCUT2D eigenvalue weighted by Gasteiger charge is 2.10. The number of carbonyl (C=O) groups excluding carboxylic acids is 1. The summed E-state index contributed by atoms with van der Waals surface area (Å²) in [4.78, 5) is 20.8. The van der Waals surface area contributed by atoms with E-state index in [1.807, 2.05) is 56.3 Å². The predicted octanol–water partition coefficient (Wildman–Crippen LogP) is 4.85. The van der Waals surface area contributed by atoms with Gasteiger partial charge in [0.25, 0.3) is 5.91 Å². The zero-order chi connectivity index (χ0) is 17.8. The van der Waals surface area contributed by atoms with E-state index in [1.54, 1.807) is 6.20 Å². The van der Waals surface area contributed by atoms with E-state index in [0.29, 0.717) is 11.5 Å². The maximum Gasteiger partial charge on any atom is 0.275 e. The molecule has 126 valence electrons. The normalized spacial score (nSPS) is 10.4. The Morgan fingerprint density at radius 3 is 2.36 bits per heavy atom. The maximum atomic E-state index is 12.3. The number of para-hydroxylation sites is 1. The lowest BCUT2D eigenvalue weighted by molar-refractivity contribution is 0.102. The molecule has 0 fully saturated rings. The molecule has 0 aliphatic carbocycles. The summed E-state index contributed by atoms with van der Waals surface area (Å²) in [6.45, 7) is 4.06. The van der Waals surface area contributed by atoms with Crippen molar-refractivity contribution in [2.75, 3.05) is 10.6 Å². The van der Waals surface area contributed by atoms with Crippen molar-refractivity contribution in [2.24, 2.45) is 0 Å². The first kappa shape index (κ1) is 17.1. The molecule has 0 aliphatic heterocycles. The average molecular weight is 397 g/mol. The van der Waals surface area contributed by atoms with Crippen molar-refractivity contribution in [2.45, 2.75) is 13.8 Å². The highest BCUT2D eigenvalue weighted by Crippen LogP contribution is 2.23. The second kappa shape index (κ2) is 7.44. The molecule has 0 saturated carbocycles. The van der Waals surface area contributed by atoms with Crippen LogP contribution in [0.4, 0.5) is 17.2 Å². The van der Waals surface area contributed by atoms with Crippen molar-refractivity contribution >= 4 is 39.0 Å². The fourth-order valence-electron chi connectivity index (χ4n) is 2.41. The number of anilines is 3. The Labute approximate surface area is 154 Å². The minimum absolute atomic E-state index is 0.257. The number of nitrogens with one attached hydrogen (secondary N) is 2. The van der Waals surface area contributed by atoms with Gasteiger partial charge < -0.3 is 10.6 Å². The largest absolute Gasteiger partial charge is 0.339 e. The summed E-state index contributed by atoms with van der Waals surface area (Å²) in [5.74, 6) is 0.292. The van der Waals surface area contributed by atoms with Crippen LogP contribution in [0.2, 0.25) is 0 Å². The number of benzene rings is 2. The number of amides is 1. The van der Waals surface area contributed by atoms with Gasteiger partial charge in [-0.15, -0.1) is 0 Å². The molecule has 6 heteroatoms. The molecule has 0 aliphatic rings. The molecule has 0 saturated heterocycles. The van der Waals surface area contributed by atoms with Crippen molar-refractivity contribution in [1.29, 1.82) is 0 Å². The quantitative estimate of drug-likeness (QED) is 0.661. The Balaban J connectivity index is 1.72. The van der Waals surface area contributed by atoms with Crippen LogP contribution in [0.15, 0.2) is 59.3 Å². The van der Waals surface area contributed by atoms with E-state index < -0.39 is 0 Å². The number of rotatable bonds is 4. The minimum Gasteiger partial charge on any atom is -0.339 e. The Morgan fingerprint density at radius 2 is 1.72 bits per heavy atom. The van der Waals surface area contributed by atoms with Crippen molar-refractivity contribution in [3.8, 4) is 0 Å². The van der Waals surface area contributed by atoms with Gasteiger partial charge in [0.2, 0.25) is 0 Å². The van der Waals surface area contributed by atoms with Gasteiger partial charge in [0.1, 0.15) is 11.5 Å². The minimum atomic E-state index is -0.302. The molecule has 0 unspecified atom stereocenters. The van der Waals surface area contributed by atoms with E-state index in [2.05, 4.69) is 36.5 Å². The Morgan fingerprint density at radius 1 is 1.00 bits per heavy atom. The van der Waals surface area contributed by atoms with Crippen molar-refractivity contribution < 1.29 is 4.79 Å². The van der Waals surface area contributed by atoms with Crippen LogP contribution >= 0.6 is 15.9 Å². The molecule has 0 atom stereocenters. The number of hydrogen-bond donors (Lipinski definition) is 2. The third kappa shape index (κ3) is 4.22. The average Bonchev–Trinajstić information content (AvgIpc) is 2.59. The maximum absolute atomic E-state index is 12.3. The second-order valence-electron chi connectivity index (χ2n) is 5.64. The molecule has 0 bridgehead atoms. The summed E-state index contributed by atoms with van der Waals surface area (Å²) in [7, 11) is 0. The van der Waals surface area contributed by atoms with Gasteiger partial charge in [0.05, 0.1) is 12.4 Å². The molecule has 0 spiro atoms. The third-order valence-electron chi connectivity index (χ3n) is 3.70. The Bertz CT molecular complexity index is 889. The van der Waals surface area contributed by atoms with Gasteiger partial charge in [0, 0.05) is 15.8 Å². The first-order chi connectivity index (χ1) is 12.0. The van der Waals surface area contributed by atoms with Crippen molar-refractivity contribution in [3.63, 3.8) is 0 Å². The monoisotopic (exact) mass is 396 g/mol. The molecule has 2 N–H and O–H groups in total. The van der Waals surface area contributed by atoms with E-state index in [1.165, 1.54) is 6.20 Å². The van der Waals surface area contributed by atoms with Crippen LogP contribution in [0, 0.1) is 13.8 Å². The van der Waals surface area contributed by atoms with Gasteiger partial charge in [-0.25, -0.2) is 9.97 Å². The molecular formula is C19H17BrN4O. The van der Waals surface area contributed by atoms with E-state index in [9.17, 15) is 4.79 Å². The van der Waals surface area contributed by atoms with E-state index in [0.717, 1.165) is 21.3 Å². The van der Waals surface area contributed by atoms with Crippen LogP contribution < -0.4 is 10.6 Å². The van der Waals surface area contributed by atoms with Crippen LogP contribution in [-0.4, -0.2) is 15.9 Å². The topological polar surface area (TPSA) is 66.9 Å². The molecule has 0 radical (unpaired) electrons. The molecule has 3 rings (SSSR count). The van der Waals surface area contributed by atoms with Gasteiger partial charge in [-0.1, -0.05) is 40.2 Å². The van der Waals surface area contributed by atoms with Crippen LogP contribution in [0.25, 0.3) is 0 Å². The van der Waals surface area contributed by atoms with Crippen LogP contribution in [0.5, 0.6) is 0 Å². The molecule has 1 amide bonds. The lowest BCUT2D eigenvalue weighted by atomic mass is 10.1. The summed E-state index contributed by atoms with van der Waals surface area (Å²) in [5.41, 5.74) is 4.20. The van der Waals surface area contributed by atoms with E-state index in [-0.39, 0.29) is 11.6 Å².